The molecular formula is C16H26N4O4Si. The summed E-state index contributed by atoms with van der Waals surface area (Å²) in [5, 5.41) is 11.2. The summed E-state index contributed by atoms with van der Waals surface area (Å²) in [5.74, 6) is 0. The summed E-state index contributed by atoms with van der Waals surface area (Å²) in [4.78, 5) is 23.2. The second-order valence-corrected chi connectivity index (χ2v) is 7.27. The van der Waals surface area contributed by atoms with E-state index in [1.807, 2.05) is 0 Å². The molecule has 0 aliphatic rings. The first-order valence-corrected chi connectivity index (χ1v) is 10.4. The molecule has 0 saturated carbocycles. The van der Waals surface area contributed by atoms with E-state index in [9.17, 15) is 14.1 Å². The van der Waals surface area contributed by atoms with Crippen molar-refractivity contribution in [2.75, 3.05) is 36.9 Å². The van der Waals surface area contributed by atoms with Crippen LogP contribution < -0.4 is 21.3 Å². The van der Waals surface area contributed by atoms with Crippen molar-refractivity contribution < 1.29 is 18.8 Å². The molecule has 0 aliphatic carbocycles. The molecule has 0 aromatic heterocycles. The molecule has 138 valence electrons. The fraction of sp³-hybridized carbons (Fsp3) is 0.500. The minimum atomic E-state index is -1.39. The van der Waals surface area contributed by atoms with Crippen molar-refractivity contribution >= 4 is 32.2 Å². The molecule has 0 bridgehead atoms. The summed E-state index contributed by atoms with van der Waals surface area (Å²) in [6.45, 7) is 5.68. The van der Waals surface area contributed by atoms with E-state index in [-0.39, 0.29) is 12.6 Å². The Hall–Kier alpha value is -2.26. The average Bonchev–Trinajstić information content (AvgIpc) is 2.54. The van der Waals surface area contributed by atoms with E-state index in [1.165, 1.54) is 0 Å². The standard InChI is InChI=1S/C16H26N4O4Si/c1-3-24-16(22)20-14-7-4-6-13(12-14)19-15(21)18-10-9-17-8-5-11-25(2)23/h4,6-7,12,17H,3,5,8-11H2,1-2H3,(H,20,22)(H2,18,19,21). The van der Waals surface area contributed by atoms with Crippen LogP contribution >= 0.6 is 0 Å². The normalized spacial score (nSPS) is 10.0. The SMILES string of the molecule is CCOC(=O)Nc1cccc(NC(=O)NCCNCCC[Si](C)=O)c1. The summed E-state index contributed by atoms with van der Waals surface area (Å²) < 4.78 is 15.8. The molecule has 1 aromatic carbocycles. The molecule has 1 rings (SSSR count). The largest absolute Gasteiger partial charge is 0.450 e. The highest BCUT2D eigenvalue weighted by Crippen LogP contribution is 2.15. The lowest BCUT2D eigenvalue weighted by Crippen LogP contribution is -2.35. The van der Waals surface area contributed by atoms with Gasteiger partial charge in [-0.1, -0.05) is 6.07 Å². The van der Waals surface area contributed by atoms with Crippen LogP contribution in [0.3, 0.4) is 0 Å². The zero-order valence-corrected chi connectivity index (χ0v) is 15.7. The number of ether oxygens (including phenoxy) is 1. The maximum atomic E-state index is 11.8. The Labute approximate surface area is 149 Å². The molecule has 0 radical (unpaired) electrons. The highest BCUT2D eigenvalue weighted by Gasteiger charge is 2.05. The van der Waals surface area contributed by atoms with Gasteiger partial charge in [-0.3, -0.25) is 5.32 Å². The number of nitrogens with one attached hydrogen (secondary N) is 4. The second-order valence-electron chi connectivity index (χ2n) is 5.36. The number of carbonyl (C=O) groups excluding carboxylic acids is 2. The Bertz CT molecular complexity index is 583. The van der Waals surface area contributed by atoms with E-state index in [2.05, 4.69) is 21.3 Å². The van der Waals surface area contributed by atoms with Crippen LogP contribution in [0, 0.1) is 0 Å². The quantitative estimate of drug-likeness (QED) is 0.376. The van der Waals surface area contributed by atoms with Crippen molar-refractivity contribution in [2.24, 2.45) is 0 Å². The van der Waals surface area contributed by atoms with E-state index < -0.39 is 14.8 Å². The number of rotatable bonds is 10. The molecule has 4 N–H and O–H groups in total. The smallest absolute Gasteiger partial charge is 0.411 e. The van der Waals surface area contributed by atoms with Crippen molar-refractivity contribution in [1.82, 2.24) is 10.6 Å². The number of carbonyl (C=O) groups is 2. The van der Waals surface area contributed by atoms with E-state index >= 15 is 0 Å². The van der Waals surface area contributed by atoms with Gasteiger partial charge >= 0.3 is 12.1 Å². The number of hydrogen-bond acceptors (Lipinski definition) is 5. The maximum Gasteiger partial charge on any atom is 0.411 e. The first-order valence-electron chi connectivity index (χ1n) is 8.30. The lowest BCUT2D eigenvalue weighted by Gasteiger charge is -2.10. The lowest BCUT2D eigenvalue weighted by molar-refractivity contribution is 0.168. The fourth-order valence-corrected chi connectivity index (χ4v) is 2.66. The molecule has 0 heterocycles. The van der Waals surface area contributed by atoms with Crippen LogP contribution in [0.1, 0.15) is 13.3 Å². The van der Waals surface area contributed by atoms with Crippen LogP contribution in [0.15, 0.2) is 24.3 Å². The summed E-state index contributed by atoms with van der Waals surface area (Å²) >= 11 is 0. The summed E-state index contributed by atoms with van der Waals surface area (Å²) in [6, 6.07) is 7.21. The van der Waals surface area contributed by atoms with Gasteiger partial charge in [0.05, 0.1) is 6.61 Å². The molecule has 8 nitrogen and oxygen atoms in total. The zero-order chi connectivity index (χ0) is 18.5. The van der Waals surface area contributed by atoms with Crippen LogP contribution in [0.5, 0.6) is 0 Å². The fourth-order valence-electron chi connectivity index (χ4n) is 1.99. The second kappa shape index (κ2) is 12.1. The lowest BCUT2D eigenvalue weighted by atomic mass is 10.3. The van der Waals surface area contributed by atoms with Gasteiger partial charge in [-0.2, -0.15) is 0 Å². The molecule has 9 heteroatoms. The molecule has 0 aliphatic heterocycles. The maximum absolute atomic E-state index is 11.8. The Morgan fingerprint density at radius 2 is 1.84 bits per heavy atom. The van der Waals surface area contributed by atoms with E-state index in [1.54, 1.807) is 37.7 Å². The Balaban J connectivity index is 2.25. The topological polar surface area (TPSA) is 109 Å². The van der Waals surface area contributed by atoms with Gasteiger partial charge in [0.15, 0.2) is 0 Å². The summed E-state index contributed by atoms with van der Waals surface area (Å²) in [6.07, 6.45) is 0.337. The predicted molar refractivity (Wildman–Crippen MR) is 98.7 cm³/mol. The minimum absolute atomic E-state index is 0.289. The Morgan fingerprint density at radius 3 is 2.52 bits per heavy atom. The third-order valence-electron chi connectivity index (χ3n) is 3.11. The minimum Gasteiger partial charge on any atom is -0.450 e. The number of amides is 3. The number of urea groups is 1. The van der Waals surface area contributed by atoms with Gasteiger partial charge in [0, 0.05) is 24.5 Å². The van der Waals surface area contributed by atoms with Crippen LogP contribution in [0.4, 0.5) is 21.0 Å². The molecule has 0 fully saturated rings. The summed E-state index contributed by atoms with van der Waals surface area (Å²) in [5.41, 5.74) is 1.10. The van der Waals surface area contributed by atoms with E-state index in [0.717, 1.165) is 19.0 Å². The Kier molecular flexibility index (Phi) is 10.1. The van der Waals surface area contributed by atoms with Crippen LogP contribution in [0.2, 0.25) is 12.6 Å². The molecular weight excluding hydrogens is 340 g/mol. The van der Waals surface area contributed by atoms with Crippen LogP contribution in [0.25, 0.3) is 0 Å². The molecule has 0 unspecified atom stereocenters. The van der Waals surface area contributed by atoms with Gasteiger partial charge < -0.3 is 25.1 Å². The molecule has 3 amide bonds. The summed E-state index contributed by atoms with van der Waals surface area (Å²) in [7, 11) is -1.39. The van der Waals surface area contributed by atoms with Gasteiger partial charge in [0.1, 0.15) is 0 Å². The monoisotopic (exact) mass is 366 g/mol. The van der Waals surface area contributed by atoms with Crippen molar-refractivity contribution in [2.45, 2.75) is 25.9 Å². The molecule has 0 atom stereocenters. The first-order chi connectivity index (χ1) is 12.0. The Morgan fingerprint density at radius 1 is 1.12 bits per heavy atom. The van der Waals surface area contributed by atoms with Gasteiger partial charge in [-0.05, 0) is 50.7 Å². The van der Waals surface area contributed by atoms with Gasteiger partial charge in [0.25, 0.3) is 8.68 Å². The van der Waals surface area contributed by atoms with Crippen molar-refractivity contribution in [3.8, 4) is 0 Å². The third kappa shape index (κ3) is 10.3. The van der Waals surface area contributed by atoms with E-state index in [4.69, 9.17) is 4.74 Å². The van der Waals surface area contributed by atoms with Crippen LogP contribution in [-0.4, -0.2) is 47.0 Å². The molecule has 0 spiro atoms. The van der Waals surface area contributed by atoms with E-state index in [0.29, 0.717) is 24.5 Å². The molecule has 0 saturated heterocycles. The van der Waals surface area contributed by atoms with Crippen molar-refractivity contribution in [3.63, 3.8) is 0 Å². The number of benzene rings is 1. The predicted octanol–water partition coefficient (Wildman–Crippen LogP) is 2.41. The zero-order valence-electron chi connectivity index (χ0n) is 14.7. The van der Waals surface area contributed by atoms with Gasteiger partial charge in [-0.15, -0.1) is 0 Å². The molecule has 1 aromatic rings. The van der Waals surface area contributed by atoms with Crippen LogP contribution in [-0.2, 0) is 9.20 Å². The molecule has 25 heavy (non-hydrogen) atoms. The van der Waals surface area contributed by atoms with Gasteiger partial charge in [-0.25, -0.2) is 9.59 Å². The number of hydrogen-bond donors (Lipinski definition) is 4. The van der Waals surface area contributed by atoms with Gasteiger partial charge in [0.2, 0.25) is 0 Å². The first kappa shape index (κ1) is 20.8. The third-order valence-corrected chi connectivity index (χ3v) is 4.17. The highest BCUT2D eigenvalue weighted by molar-refractivity contribution is 6.40. The number of anilines is 2. The highest BCUT2D eigenvalue weighted by atomic mass is 28.3. The average molecular weight is 366 g/mol. The van der Waals surface area contributed by atoms with Crippen molar-refractivity contribution in [1.29, 1.82) is 0 Å². The van der Waals surface area contributed by atoms with Crippen molar-refractivity contribution in [3.05, 3.63) is 24.3 Å².